The van der Waals surface area contributed by atoms with Gasteiger partial charge in [-0.15, -0.1) is 0 Å². The van der Waals surface area contributed by atoms with Gasteiger partial charge in [-0.25, -0.2) is 9.86 Å². The lowest BCUT2D eigenvalue weighted by atomic mass is 9.89. The third-order valence-electron chi connectivity index (χ3n) is 3.47. The molecule has 1 fully saturated rings. The van der Waals surface area contributed by atoms with Gasteiger partial charge in [0.15, 0.2) is 0 Å². The first-order chi connectivity index (χ1) is 8.65. The molecular formula is C11H24N4O3S. The first kappa shape index (κ1) is 16.4. The molecule has 1 aliphatic rings. The Bertz CT molecular complexity index is 422. The zero-order valence-corrected chi connectivity index (χ0v) is 12.4. The number of carbonyl (C=O) groups is 1. The minimum absolute atomic E-state index is 0.0234. The van der Waals surface area contributed by atoms with Crippen molar-refractivity contribution in [3.05, 3.63) is 0 Å². The smallest absolute Gasteiger partial charge is 0.274 e. The summed E-state index contributed by atoms with van der Waals surface area (Å²) in [4.78, 5) is 14.0. The van der Waals surface area contributed by atoms with Crippen LogP contribution in [0.25, 0.3) is 0 Å². The molecule has 0 aromatic carbocycles. The highest BCUT2D eigenvalue weighted by molar-refractivity contribution is 7.87. The van der Waals surface area contributed by atoms with E-state index in [4.69, 9.17) is 10.9 Å². The van der Waals surface area contributed by atoms with E-state index in [2.05, 4.69) is 4.72 Å². The van der Waals surface area contributed by atoms with Gasteiger partial charge in [0.25, 0.3) is 10.2 Å². The summed E-state index contributed by atoms with van der Waals surface area (Å²) in [6.07, 6.45) is 1.75. The summed E-state index contributed by atoms with van der Waals surface area (Å²) >= 11 is 0. The van der Waals surface area contributed by atoms with Gasteiger partial charge < -0.3 is 10.6 Å². The van der Waals surface area contributed by atoms with Crippen molar-refractivity contribution >= 4 is 16.1 Å². The van der Waals surface area contributed by atoms with Gasteiger partial charge in [0.2, 0.25) is 5.91 Å². The van der Waals surface area contributed by atoms with E-state index in [0.717, 1.165) is 12.8 Å². The van der Waals surface area contributed by atoms with Crippen LogP contribution < -0.4 is 15.6 Å². The van der Waals surface area contributed by atoms with Crippen LogP contribution in [0, 0.1) is 11.3 Å². The van der Waals surface area contributed by atoms with Crippen molar-refractivity contribution in [2.24, 2.45) is 22.2 Å². The van der Waals surface area contributed by atoms with Gasteiger partial charge in [0.1, 0.15) is 0 Å². The lowest BCUT2D eigenvalue weighted by Crippen LogP contribution is -2.50. The van der Waals surface area contributed by atoms with Crippen molar-refractivity contribution in [3.63, 3.8) is 0 Å². The van der Waals surface area contributed by atoms with Gasteiger partial charge in [0.05, 0.1) is 5.41 Å². The molecule has 0 aromatic rings. The van der Waals surface area contributed by atoms with Crippen molar-refractivity contribution < 1.29 is 13.2 Å². The fourth-order valence-corrected chi connectivity index (χ4v) is 2.63. The SMILES string of the molecule is CC(C)(CN)C(=O)N1CCCC(CNS(N)(=O)=O)C1. The molecular weight excluding hydrogens is 268 g/mol. The molecule has 5 N–H and O–H groups in total. The third-order valence-corrected chi connectivity index (χ3v) is 4.04. The van der Waals surface area contributed by atoms with E-state index in [1.807, 2.05) is 13.8 Å². The second-order valence-electron chi connectivity index (χ2n) is 5.74. The molecule has 0 radical (unpaired) electrons. The van der Waals surface area contributed by atoms with Crippen LogP contribution in [0.4, 0.5) is 0 Å². The predicted molar refractivity (Wildman–Crippen MR) is 73.2 cm³/mol. The van der Waals surface area contributed by atoms with E-state index in [1.54, 1.807) is 4.90 Å². The summed E-state index contributed by atoms with van der Waals surface area (Å²) in [5.41, 5.74) is 5.03. The van der Waals surface area contributed by atoms with E-state index in [-0.39, 0.29) is 18.4 Å². The Morgan fingerprint density at radius 1 is 1.47 bits per heavy atom. The summed E-state index contributed by atoms with van der Waals surface area (Å²) in [5, 5.41) is 4.90. The molecule has 0 bridgehead atoms. The van der Waals surface area contributed by atoms with E-state index in [9.17, 15) is 13.2 Å². The number of likely N-dealkylation sites (tertiary alicyclic amines) is 1. The summed E-state index contributed by atoms with van der Waals surface area (Å²) in [5.74, 6) is 0.125. The second kappa shape index (κ2) is 6.17. The van der Waals surface area contributed by atoms with Crippen molar-refractivity contribution in [1.82, 2.24) is 9.62 Å². The molecule has 7 nitrogen and oxygen atoms in total. The van der Waals surface area contributed by atoms with Gasteiger partial charge in [-0.1, -0.05) is 0 Å². The number of hydrogen-bond donors (Lipinski definition) is 3. The maximum absolute atomic E-state index is 12.3. The van der Waals surface area contributed by atoms with E-state index in [1.165, 1.54) is 0 Å². The Kier molecular flexibility index (Phi) is 5.31. The van der Waals surface area contributed by atoms with Crippen LogP contribution in [0.3, 0.4) is 0 Å². The maximum Gasteiger partial charge on any atom is 0.274 e. The van der Waals surface area contributed by atoms with Gasteiger partial charge in [0, 0.05) is 26.2 Å². The fourth-order valence-electron chi connectivity index (χ4n) is 2.17. The highest BCUT2D eigenvalue weighted by Crippen LogP contribution is 2.23. The Morgan fingerprint density at radius 3 is 2.63 bits per heavy atom. The summed E-state index contributed by atoms with van der Waals surface area (Å²) in [7, 11) is -3.67. The molecule has 112 valence electrons. The normalized spacial score (nSPS) is 21.5. The van der Waals surface area contributed by atoms with Gasteiger partial charge in [-0.2, -0.15) is 8.42 Å². The first-order valence-corrected chi connectivity index (χ1v) is 7.97. The molecule has 1 rings (SSSR count). The Labute approximate surface area is 114 Å². The van der Waals surface area contributed by atoms with Crippen LogP contribution >= 0.6 is 0 Å². The molecule has 1 atom stereocenters. The fraction of sp³-hybridized carbons (Fsp3) is 0.909. The van der Waals surface area contributed by atoms with Gasteiger partial charge >= 0.3 is 0 Å². The molecule has 0 aliphatic carbocycles. The van der Waals surface area contributed by atoms with Crippen molar-refractivity contribution in [2.45, 2.75) is 26.7 Å². The predicted octanol–water partition coefficient (Wildman–Crippen LogP) is -0.997. The largest absolute Gasteiger partial charge is 0.342 e. The zero-order valence-electron chi connectivity index (χ0n) is 11.6. The molecule has 1 heterocycles. The minimum atomic E-state index is -3.67. The lowest BCUT2D eigenvalue weighted by molar-refractivity contribution is -0.141. The summed E-state index contributed by atoms with van der Waals surface area (Å²) in [6.45, 7) is 5.45. The molecule has 1 unspecified atom stereocenters. The molecule has 1 aliphatic heterocycles. The monoisotopic (exact) mass is 292 g/mol. The summed E-state index contributed by atoms with van der Waals surface area (Å²) < 4.78 is 24.0. The quantitative estimate of drug-likeness (QED) is 0.602. The highest BCUT2D eigenvalue weighted by atomic mass is 32.2. The minimum Gasteiger partial charge on any atom is -0.342 e. The number of nitrogens with two attached hydrogens (primary N) is 2. The lowest BCUT2D eigenvalue weighted by Gasteiger charge is -2.37. The third kappa shape index (κ3) is 5.06. The number of nitrogens with zero attached hydrogens (tertiary/aromatic N) is 1. The number of piperidine rings is 1. The van der Waals surface area contributed by atoms with Gasteiger partial charge in [-0.3, -0.25) is 4.79 Å². The number of amides is 1. The van der Waals surface area contributed by atoms with Crippen molar-refractivity contribution in [3.8, 4) is 0 Å². The molecule has 0 aromatic heterocycles. The topological polar surface area (TPSA) is 119 Å². The number of hydrogen-bond acceptors (Lipinski definition) is 4. The van der Waals surface area contributed by atoms with Crippen LogP contribution in [-0.2, 0) is 15.0 Å². The highest BCUT2D eigenvalue weighted by Gasteiger charge is 2.33. The number of carbonyl (C=O) groups excluding carboxylic acids is 1. The maximum atomic E-state index is 12.3. The van der Waals surface area contributed by atoms with E-state index >= 15 is 0 Å². The zero-order chi connectivity index (χ0) is 14.7. The van der Waals surface area contributed by atoms with Crippen molar-refractivity contribution in [1.29, 1.82) is 0 Å². The standard InChI is InChI=1S/C11H24N4O3S/c1-11(2,8-12)10(16)15-5-3-4-9(7-15)6-14-19(13,17)18/h9,14H,3-8,12H2,1-2H3,(H2,13,17,18). The van der Waals surface area contributed by atoms with Gasteiger partial charge in [-0.05, 0) is 32.6 Å². The van der Waals surface area contributed by atoms with Crippen LogP contribution in [0.15, 0.2) is 0 Å². The summed E-state index contributed by atoms with van der Waals surface area (Å²) in [6, 6.07) is 0. The van der Waals surface area contributed by atoms with E-state index < -0.39 is 15.6 Å². The Hall–Kier alpha value is -0.700. The second-order valence-corrected chi connectivity index (χ2v) is 7.12. The average molecular weight is 292 g/mol. The number of rotatable bonds is 5. The molecule has 8 heteroatoms. The molecule has 1 amide bonds. The van der Waals surface area contributed by atoms with E-state index in [0.29, 0.717) is 19.6 Å². The van der Waals surface area contributed by atoms with Crippen LogP contribution in [0.5, 0.6) is 0 Å². The molecule has 0 spiro atoms. The van der Waals surface area contributed by atoms with Crippen LogP contribution in [0.1, 0.15) is 26.7 Å². The molecule has 19 heavy (non-hydrogen) atoms. The van der Waals surface area contributed by atoms with Crippen LogP contribution in [-0.4, -0.2) is 45.4 Å². The number of nitrogens with one attached hydrogen (secondary N) is 1. The first-order valence-electron chi connectivity index (χ1n) is 6.42. The van der Waals surface area contributed by atoms with Crippen LogP contribution in [0.2, 0.25) is 0 Å². The molecule has 0 saturated carbocycles. The van der Waals surface area contributed by atoms with Crippen molar-refractivity contribution in [2.75, 3.05) is 26.2 Å². The molecule has 1 saturated heterocycles. The Morgan fingerprint density at radius 2 is 2.11 bits per heavy atom. The Balaban J connectivity index is 2.57. The average Bonchev–Trinajstić information content (AvgIpc) is 2.35.